The highest BCUT2D eigenvalue weighted by atomic mass is 16.4. The molecule has 0 spiro atoms. The molecule has 0 fully saturated rings. The van der Waals surface area contributed by atoms with Crippen molar-refractivity contribution in [3.63, 3.8) is 0 Å². The number of carboxylic acid groups (broad SMARTS) is 1. The van der Waals surface area contributed by atoms with E-state index in [0.717, 1.165) is 0 Å². The van der Waals surface area contributed by atoms with Crippen LogP contribution in [0.15, 0.2) is 0 Å². The summed E-state index contributed by atoms with van der Waals surface area (Å²) in [5, 5.41) is 19.7. The van der Waals surface area contributed by atoms with Crippen LogP contribution in [0.2, 0.25) is 0 Å². The second-order valence-corrected chi connectivity index (χ2v) is 2.98. The first-order chi connectivity index (χ1) is 6.90. The molecule has 0 saturated carbocycles. The number of aliphatic hydroxyl groups excluding tert-OH is 1. The minimum Gasteiger partial charge on any atom is -0.480 e. The lowest BCUT2D eigenvalue weighted by Gasteiger charge is -2.17. The summed E-state index contributed by atoms with van der Waals surface area (Å²) in [6, 6.07) is -1.69. The van der Waals surface area contributed by atoms with Crippen molar-refractivity contribution in [1.29, 1.82) is 0 Å². The molecular formula is C8H14N2O5. The van der Waals surface area contributed by atoms with Crippen molar-refractivity contribution in [2.75, 3.05) is 0 Å². The Kier molecular flexibility index (Phi) is 5.32. The highest BCUT2D eigenvalue weighted by Gasteiger charge is 2.31. The van der Waals surface area contributed by atoms with E-state index in [-0.39, 0.29) is 6.42 Å². The fraction of sp³-hybridized carbons (Fsp3) is 0.625. The third-order valence-electron chi connectivity index (χ3n) is 1.67. The number of carboxylic acids is 1. The summed E-state index contributed by atoms with van der Waals surface area (Å²) in [6.45, 7) is 1.74. The lowest BCUT2D eigenvalue weighted by molar-refractivity contribution is -0.148. The van der Waals surface area contributed by atoms with Crippen LogP contribution in [-0.2, 0) is 14.4 Å². The van der Waals surface area contributed by atoms with E-state index in [1.54, 1.807) is 6.92 Å². The zero-order valence-electron chi connectivity index (χ0n) is 8.27. The molecule has 0 aromatic heterocycles. The third-order valence-corrected chi connectivity index (χ3v) is 1.67. The predicted octanol–water partition coefficient (Wildman–Crippen LogP) is -1.80. The summed E-state index contributed by atoms with van der Waals surface area (Å²) in [5.74, 6) is -3.25. The van der Waals surface area contributed by atoms with Crippen molar-refractivity contribution in [3.05, 3.63) is 0 Å². The Morgan fingerprint density at radius 3 is 2.27 bits per heavy atom. The molecule has 2 amide bonds. The maximum Gasteiger partial charge on any atom is 0.329 e. The number of aliphatic carboxylic acids is 1. The van der Waals surface area contributed by atoms with Gasteiger partial charge >= 0.3 is 5.97 Å². The number of nitrogens with two attached hydrogens (primary N) is 1. The number of aliphatic hydroxyl groups is 1. The van der Waals surface area contributed by atoms with Gasteiger partial charge in [-0.15, -0.1) is 0 Å². The fourth-order valence-electron chi connectivity index (χ4n) is 0.913. The molecule has 1 unspecified atom stereocenters. The Morgan fingerprint density at radius 2 is 1.93 bits per heavy atom. The molecule has 0 aromatic carbocycles. The van der Waals surface area contributed by atoms with Crippen LogP contribution in [0.5, 0.6) is 0 Å². The van der Waals surface area contributed by atoms with Gasteiger partial charge < -0.3 is 21.3 Å². The summed E-state index contributed by atoms with van der Waals surface area (Å²) >= 11 is 0. The van der Waals surface area contributed by atoms with Gasteiger partial charge in [-0.1, -0.05) is 6.92 Å². The molecule has 0 bridgehead atoms. The van der Waals surface area contributed by atoms with Crippen LogP contribution < -0.4 is 11.1 Å². The van der Waals surface area contributed by atoms with Gasteiger partial charge in [0.05, 0.1) is 0 Å². The monoisotopic (exact) mass is 218 g/mol. The lowest BCUT2D eigenvalue weighted by Crippen LogP contribution is -2.53. The van der Waals surface area contributed by atoms with Gasteiger partial charge in [0.1, 0.15) is 0 Å². The SMILES string of the molecule is CCCC(=O)N[C@H](C(=O)O)C(O)C(N)=O. The van der Waals surface area contributed by atoms with Gasteiger partial charge in [-0.25, -0.2) is 4.79 Å². The highest BCUT2D eigenvalue weighted by molar-refractivity contribution is 5.90. The zero-order chi connectivity index (χ0) is 12.0. The van der Waals surface area contributed by atoms with Crippen LogP contribution in [0.4, 0.5) is 0 Å². The summed E-state index contributed by atoms with van der Waals surface area (Å²) in [5.41, 5.74) is 4.72. The molecule has 7 nitrogen and oxygen atoms in total. The van der Waals surface area contributed by atoms with Crippen molar-refractivity contribution in [2.45, 2.75) is 31.9 Å². The molecule has 86 valence electrons. The number of primary amides is 1. The van der Waals surface area contributed by atoms with Crippen LogP contribution in [-0.4, -0.2) is 40.1 Å². The Bertz CT molecular complexity index is 266. The molecule has 0 radical (unpaired) electrons. The first-order valence-corrected chi connectivity index (χ1v) is 4.39. The number of hydrogen-bond donors (Lipinski definition) is 4. The van der Waals surface area contributed by atoms with E-state index < -0.39 is 29.9 Å². The fourth-order valence-corrected chi connectivity index (χ4v) is 0.913. The number of carbonyl (C=O) groups excluding carboxylic acids is 2. The van der Waals surface area contributed by atoms with E-state index in [4.69, 9.17) is 15.9 Å². The number of amides is 2. The first-order valence-electron chi connectivity index (χ1n) is 4.39. The van der Waals surface area contributed by atoms with Gasteiger partial charge in [-0.2, -0.15) is 0 Å². The molecule has 0 heterocycles. The average Bonchev–Trinajstić information content (AvgIpc) is 2.13. The maximum absolute atomic E-state index is 11.0. The van der Waals surface area contributed by atoms with E-state index in [2.05, 4.69) is 0 Å². The molecule has 0 rings (SSSR count). The predicted molar refractivity (Wildman–Crippen MR) is 49.7 cm³/mol. The second kappa shape index (κ2) is 5.97. The van der Waals surface area contributed by atoms with Gasteiger partial charge in [0.15, 0.2) is 12.1 Å². The molecule has 0 aliphatic rings. The first kappa shape index (κ1) is 13.4. The van der Waals surface area contributed by atoms with Crippen molar-refractivity contribution < 1.29 is 24.6 Å². The van der Waals surface area contributed by atoms with E-state index in [9.17, 15) is 14.4 Å². The van der Waals surface area contributed by atoms with Crippen LogP contribution in [0.3, 0.4) is 0 Å². The van der Waals surface area contributed by atoms with Crippen LogP contribution >= 0.6 is 0 Å². The summed E-state index contributed by atoms with van der Waals surface area (Å²) in [4.78, 5) is 32.2. The Balaban J connectivity index is 4.48. The van der Waals surface area contributed by atoms with Crippen molar-refractivity contribution in [1.82, 2.24) is 5.32 Å². The van der Waals surface area contributed by atoms with Crippen LogP contribution in [0.25, 0.3) is 0 Å². The number of carbonyl (C=O) groups is 3. The molecule has 2 atom stereocenters. The van der Waals surface area contributed by atoms with Crippen molar-refractivity contribution in [2.24, 2.45) is 5.73 Å². The Morgan fingerprint density at radius 1 is 1.40 bits per heavy atom. The minimum absolute atomic E-state index is 0.120. The summed E-state index contributed by atoms with van der Waals surface area (Å²) in [7, 11) is 0. The molecule has 5 N–H and O–H groups in total. The standard InChI is InChI=1S/C8H14N2O5/c1-2-3-4(11)10-5(8(14)15)6(12)7(9)13/h5-6,12H,2-3H2,1H3,(H2,9,13)(H,10,11)(H,14,15)/t5-,6?/m0/s1. The summed E-state index contributed by atoms with van der Waals surface area (Å²) in [6.07, 6.45) is -1.27. The van der Waals surface area contributed by atoms with E-state index in [1.807, 2.05) is 5.32 Å². The Labute approximate surface area is 86.3 Å². The minimum atomic E-state index is -1.93. The molecule has 0 aliphatic heterocycles. The maximum atomic E-state index is 11.0. The number of nitrogens with one attached hydrogen (secondary N) is 1. The number of hydrogen-bond acceptors (Lipinski definition) is 4. The topological polar surface area (TPSA) is 130 Å². The van der Waals surface area contributed by atoms with Crippen molar-refractivity contribution >= 4 is 17.8 Å². The van der Waals surface area contributed by atoms with E-state index in [1.165, 1.54) is 0 Å². The quantitative estimate of drug-likeness (QED) is 0.418. The lowest BCUT2D eigenvalue weighted by atomic mass is 10.1. The van der Waals surface area contributed by atoms with Gasteiger partial charge in [-0.05, 0) is 6.42 Å². The van der Waals surface area contributed by atoms with Crippen LogP contribution in [0, 0.1) is 0 Å². The molecule has 7 heteroatoms. The van der Waals surface area contributed by atoms with E-state index in [0.29, 0.717) is 6.42 Å². The summed E-state index contributed by atoms with van der Waals surface area (Å²) < 4.78 is 0. The van der Waals surface area contributed by atoms with Gasteiger partial charge in [0, 0.05) is 6.42 Å². The smallest absolute Gasteiger partial charge is 0.329 e. The van der Waals surface area contributed by atoms with Crippen LogP contribution in [0.1, 0.15) is 19.8 Å². The molecule has 0 aliphatic carbocycles. The van der Waals surface area contributed by atoms with Gasteiger partial charge in [-0.3, -0.25) is 9.59 Å². The van der Waals surface area contributed by atoms with E-state index >= 15 is 0 Å². The normalized spacial score (nSPS) is 14.0. The van der Waals surface area contributed by atoms with Gasteiger partial charge in [0.2, 0.25) is 11.8 Å². The second-order valence-electron chi connectivity index (χ2n) is 2.98. The number of rotatable bonds is 6. The Hall–Kier alpha value is -1.63. The average molecular weight is 218 g/mol. The van der Waals surface area contributed by atoms with Gasteiger partial charge in [0.25, 0.3) is 0 Å². The molecule has 0 aromatic rings. The third kappa shape index (κ3) is 4.41. The molecular weight excluding hydrogens is 204 g/mol. The molecule has 15 heavy (non-hydrogen) atoms. The largest absolute Gasteiger partial charge is 0.480 e. The zero-order valence-corrected chi connectivity index (χ0v) is 8.27. The van der Waals surface area contributed by atoms with Crippen molar-refractivity contribution in [3.8, 4) is 0 Å². The molecule has 0 saturated heterocycles. The highest BCUT2D eigenvalue weighted by Crippen LogP contribution is 1.96.